The van der Waals surface area contributed by atoms with Crippen molar-refractivity contribution in [3.63, 3.8) is 0 Å². The Hall–Kier alpha value is -2.49. The summed E-state index contributed by atoms with van der Waals surface area (Å²) in [7, 11) is 4.11. The van der Waals surface area contributed by atoms with Crippen molar-refractivity contribution in [2.24, 2.45) is 0 Å². The van der Waals surface area contributed by atoms with E-state index in [-0.39, 0.29) is 11.9 Å². The van der Waals surface area contributed by atoms with Crippen LogP contribution in [0, 0.1) is 0 Å². The van der Waals surface area contributed by atoms with Gasteiger partial charge in [-0.3, -0.25) is 4.79 Å². The highest BCUT2D eigenvalue weighted by Gasteiger charge is 2.27. The summed E-state index contributed by atoms with van der Waals surface area (Å²) in [6.07, 6.45) is 3.66. The fourth-order valence-electron chi connectivity index (χ4n) is 3.73. The molecule has 2 aromatic rings. The lowest BCUT2D eigenvalue weighted by atomic mass is 10.0. The van der Waals surface area contributed by atoms with Gasteiger partial charge >= 0.3 is 0 Å². The number of carbonyl (C=O) groups excluding carboxylic acids is 1. The van der Waals surface area contributed by atoms with Gasteiger partial charge in [0, 0.05) is 45.0 Å². The SMILES string of the molecule is CCCCC(=O)NCC(c1ccc(N(C)C)cc1)N1CCc2ccccc21. The fourth-order valence-corrected chi connectivity index (χ4v) is 3.73. The molecule has 1 aliphatic heterocycles. The number of nitrogens with zero attached hydrogens (tertiary/aromatic N) is 2. The van der Waals surface area contributed by atoms with Crippen molar-refractivity contribution in [3.8, 4) is 0 Å². The normalized spacial score (nSPS) is 14.0. The van der Waals surface area contributed by atoms with E-state index >= 15 is 0 Å². The number of rotatable bonds is 8. The Kier molecular flexibility index (Phi) is 6.38. The highest BCUT2D eigenvalue weighted by Crippen LogP contribution is 2.35. The predicted molar refractivity (Wildman–Crippen MR) is 114 cm³/mol. The van der Waals surface area contributed by atoms with Crippen LogP contribution in [0.15, 0.2) is 48.5 Å². The molecule has 1 aliphatic rings. The highest BCUT2D eigenvalue weighted by molar-refractivity contribution is 5.76. The number of unbranched alkanes of at least 4 members (excludes halogenated alkanes) is 1. The van der Waals surface area contributed by atoms with Crippen molar-refractivity contribution in [1.29, 1.82) is 0 Å². The molecule has 0 spiro atoms. The minimum absolute atomic E-state index is 0.149. The smallest absolute Gasteiger partial charge is 0.220 e. The molecule has 0 aromatic heterocycles. The summed E-state index contributed by atoms with van der Waals surface area (Å²) in [6.45, 7) is 3.74. The van der Waals surface area contributed by atoms with E-state index in [1.165, 1.54) is 22.5 Å². The van der Waals surface area contributed by atoms with E-state index in [2.05, 4.69) is 84.7 Å². The molecule has 1 heterocycles. The number of nitrogens with one attached hydrogen (secondary N) is 1. The van der Waals surface area contributed by atoms with E-state index in [1.807, 2.05) is 0 Å². The first-order chi connectivity index (χ1) is 13.1. The molecule has 144 valence electrons. The Bertz CT molecular complexity index is 754. The zero-order chi connectivity index (χ0) is 19.2. The molecule has 0 saturated heterocycles. The molecule has 0 bridgehead atoms. The van der Waals surface area contributed by atoms with Gasteiger partial charge in [-0.25, -0.2) is 0 Å². The van der Waals surface area contributed by atoms with Gasteiger partial charge in [-0.1, -0.05) is 43.7 Å². The Balaban J connectivity index is 1.82. The van der Waals surface area contributed by atoms with Crippen LogP contribution < -0.4 is 15.1 Å². The van der Waals surface area contributed by atoms with Crippen LogP contribution in [-0.4, -0.2) is 33.1 Å². The van der Waals surface area contributed by atoms with Crippen LogP contribution in [0.4, 0.5) is 11.4 Å². The summed E-state index contributed by atoms with van der Waals surface area (Å²) < 4.78 is 0. The van der Waals surface area contributed by atoms with Crippen molar-refractivity contribution >= 4 is 17.3 Å². The summed E-state index contributed by atoms with van der Waals surface area (Å²) >= 11 is 0. The van der Waals surface area contributed by atoms with Gasteiger partial charge in [0.05, 0.1) is 6.04 Å². The maximum absolute atomic E-state index is 12.2. The lowest BCUT2D eigenvalue weighted by Gasteiger charge is -2.31. The van der Waals surface area contributed by atoms with Gasteiger partial charge in [0.25, 0.3) is 0 Å². The average Bonchev–Trinajstić information content (AvgIpc) is 3.11. The zero-order valence-corrected chi connectivity index (χ0v) is 16.7. The summed E-state index contributed by atoms with van der Waals surface area (Å²) in [6, 6.07) is 17.5. The van der Waals surface area contributed by atoms with E-state index in [0.717, 1.165) is 25.8 Å². The lowest BCUT2D eigenvalue weighted by molar-refractivity contribution is -0.121. The minimum Gasteiger partial charge on any atom is -0.378 e. The highest BCUT2D eigenvalue weighted by atomic mass is 16.1. The topological polar surface area (TPSA) is 35.6 Å². The maximum Gasteiger partial charge on any atom is 0.220 e. The van der Waals surface area contributed by atoms with Gasteiger partial charge in [-0.15, -0.1) is 0 Å². The second-order valence-corrected chi connectivity index (χ2v) is 7.48. The van der Waals surface area contributed by atoms with Crippen LogP contribution in [-0.2, 0) is 11.2 Å². The molecule has 1 N–H and O–H groups in total. The largest absolute Gasteiger partial charge is 0.378 e. The molecule has 4 nitrogen and oxygen atoms in total. The van der Waals surface area contributed by atoms with Gasteiger partial charge in [-0.2, -0.15) is 0 Å². The number of fused-ring (bicyclic) bond motifs is 1. The minimum atomic E-state index is 0.149. The molecule has 0 radical (unpaired) electrons. The summed E-state index contributed by atoms with van der Waals surface area (Å²) in [5, 5.41) is 3.17. The van der Waals surface area contributed by atoms with Crippen LogP contribution in [0.3, 0.4) is 0 Å². The number of benzene rings is 2. The molecule has 0 aliphatic carbocycles. The third-order valence-corrected chi connectivity index (χ3v) is 5.34. The third kappa shape index (κ3) is 4.62. The molecule has 2 aromatic carbocycles. The zero-order valence-electron chi connectivity index (χ0n) is 16.7. The van der Waals surface area contributed by atoms with Crippen LogP contribution in [0.1, 0.15) is 43.4 Å². The van der Waals surface area contributed by atoms with Crippen LogP contribution in [0.5, 0.6) is 0 Å². The number of hydrogen-bond acceptors (Lipinski definition) is 3. The summed E-state index contributed by atoms with van der Waals surface area (Å²) in [5.41, 5.74) is 5.12. The van der Waals surface area contributed by atoms with Gasteiger partial charge < -0.3 is 15.1 Å². The van der Waals surface area contributed by atoms with Crippen LogP contribution in [0.25, 0.3) is 0 Å². The van der Waals surface area contributed by atoms with E-state index < -0.39 is 0 Å². The first kappa shape index (κ1) is 19.3. The Morgan fingerprint density at radius 2 is 1.89 bits per heavy atom. The fraction of sp³-hybridized carbons (Fsp3) is 0.435. The molecule has 0 saturated carbocycles. The number of hydrogen-bond donors (Lipinski definition) is 1. The molecule has 3 rings (SSSR count). The van der Waals surface area contributed by atoms with E-state index in [0.29, 0.717) is 13.0 Å². The molecule has 27 heavy (non-hydrogen) atoms. The van der Waals surface area contributed by atoms with Gasteiger partial charge in [0.1, 0.15) is 0 Å². The average molecular weight is 366 g/mol. The Labute approximate surface area is 163 Å². The molecular weight excluding hydrogens is 334 g/mol. The summed E-state index contributed by atoms with van der Waals surface area (Å²) in [5.74, 6) is 0.152. The lowest BCUT2D eigenvalue weighted by Crippen LogP contribution is -2.37. The van der Waals surface area contributed by atoms with Crippen molar-refractivity contribution in [1.82, 2.24) is 5.32 Å². The maximum atomic E-state index is 12.2. The van der Waals surface area contributed by atoms with Gasteiger partial charge in [0.15, 0.2) is 0 Å². The van der Waals surface area contributed by atoms with Crippen LogP contribution in [0.2, 0.25) is 0 Å². The first-order valence-corrected chi connectivity index (χ1v) is 9.98. The van der Waals surface area contributed by atoms with Crippen molar-refractivity contribution < 1.29 is 4.79 Å². The first-order valence-electron chi connectivity index (χ1n) is 9.98. The van der Waals surface area contributed by atoms with E-state index in [1.54, 1.807) is 0 Å². The third-order valence-electron chi connectivity index (χ3n) is 5.34. The number of para-hydroxylation sites is 1. The Morgan fingerprint density at radius 3 is 2.59 bits per heavy atom. The van der Waals surface area contributed by atoms with Gasteiger partial charge in [0.2, 0.25) is 5.91 Å². The van der Waals surface area contributed by atoms with E-state index in [4.69, 9.17) is 0 Å². The molecule has 0 fully saturated rings. The van der Waals surface area contributed by atoms with Crippen molar-refractivity contribution in [3.05, 3.63) is 59.7 Å². The number of amides is 1. The van der Waals surface area contributed by atoms with Crippen molar-refractivity contribution in [2.45, 2.75) is 38.6 Å². The predicted octanol–water partition coefficient (Wildman–Crippen LogP) is 4.16. The molecule has 1 atom stereocenters. The quantitative estimate of drug-likeness (QED) is 0.763. The van der Waals surface area contributed by atoms with Crippen molar-refractivity contribution in [2.75, 3.05) is 37.0 Å². The van der Waals surface area contributed by atoms with E-state index in [9.17, 15) is 4.79 Å². The van der Waals surface area contributed by atoms with Gasteiger partial charge in [-0.05, 0) is 42.2 Å². The molecule has 1 unspecified atom stereocenters. The Morgan fingerprint density at radius 1 is 1.15 bits per heavy atom. The summed E-state index contributed by atoms with van der Waals surface area (Å²) in [4.78, 5) is 16.8. The molecule has 1 amide bonds. The molecule has 4 heteroatoms. The number of carbonyl (C=O) groups is 1. The second kappa shape index (κ2) is 8.94. The standard InChI is InChI=1S/C23H31N3O/c1-4-5-10-23(27)24-17-22(19-11-13-20(14-12-19)25(2)3)26-16-15-18-8-6-7-9-21(18)26/h6-9,11-14,22H,4-5,10,15-17H2,1-3H3,(H,24,27). The second-order valence-electron chi connectivity index (χ2n) is 7.48. The monoisotopic (exact) mass is 365 g/mol. The number of anilines is 2. The molecular formula is C23H31N3O. The van der Waals surface area contributed by atoms with Crippen LogP contribution >= 0.6 is 0 Å².